The molecule has 1 aromatic carbocycles. The maximum absolute atomic E-state index is 13.3. The predicted molar refractivity (Wildman–Crippen MR) is 81.0 cm³/mol. The second kappa shape index (κ2) is 10.3. The van der Waals surface area contributed by atoms with E-state index in [1.54, 1.807) is 0 Å². The second-order valence-corrected chi connectivity index (χ2v) is 5.57. The van der Waals surface area contributed by atoms with E-state index in [9.17, 15) is 19.1 Å². The summed E-state index contributed by atoms with van der Waals surface area (Å²) in [6, 6.07) is 6.80. The normalized spacial score (nSPS) is 9.92. The third kappa shape index (κ3) is 5.94. The van der Waals surface area contributed by atoms with Gasteiger partial charge < -0.3 is 14.6 Å². The molecule has 1 heterocycles. The molecule has 120 valence electrons. The van der Waals surface area contributed by atoms with E-state index in [1.807, 2.05) is 0 Å². The van der Waals surface area contributed by atoms with Gasteiger partial charge in [0, 0.05) is 23.7 Å². The number of halogens is 1. The first-order chi connectivity index (χ1) is 11.0. The van der Waals surface area contributed by atoms with Gasteiger partial charge in [-0.05, 0) is 30.3 Å². The minimum atomic E-state index is -1.35. The van der Waals surface area contributed by atoms with E-state index in [4.69, 9.17) is 4.74 Å². The molecule has 0 bridgehead atoms. The number of nitrogens with zero attached hydrogens (tertiary/aromatic N) is 1. The standard InChI is InChI=1S/C16H14FNO4S.K/c1-22-14-5-4-11(17)7-10(14)8-12(19)9-23-15-13(16(20)21)3-2-6-18-15;/h2-7H,8-9H2,1H3,(H,20,21);/q;+1/p-1. The number of pyridine rings is 1. The number of hydrogen-bond acceptors (Lipinski definition) is 6. The number of benzene rings is 1. The van der Waals surface area contributed by atoms with Gasteiger partial charge in [-0.25, -0.2) is 9.37 Å². The van der Waals surface area contributed by atoms with Crippen LogP contribution in [0.5, 0.6) is 5.75 Å². The van der Waals surface area contributed by atoms with Crippen molar-refractivity contribution in [2.24, 2.45) is 0 Å². The number of carboxylic acids is 1. The smallest absolute Gasteiger partial charge is 0.545 e. The van der Waals surface area contributed by atoms with Crippen molar-refractivity contribution < 1.29 is 75.2 Å². The number of hydrogen-bond donors (Lipinski definition) is 0. The van der Waals surface area contributed by atoms with Crippen LogP contribution in [-0.4, -0.2) is 29.6 Å². The molecule has 0 saturated carbocycles. The topological polar surface area (TPSA) is 79.3 Å². The molecule has 0 spiro atoms. The zero-order chi connectivity index (χ0) is 16.8. The molecule has 0 aliphatic rings. The minimum Gasteiger partial charge on any atom is -0.545 e. The van der Waals surface area contributed by atoms with Crippen LogP contribution in [0.25, 0.3) is 0 Å². The molecule has 0 saturated heterocycles. The maximum atomic E-state index is 13.3. The number of ketones is 1. The number of carbonyl (C=O) groups excluding carboxylic acids is 2. The number of aromatic carboxylic acids is 1. The molecule has 0 unspecified atom stereocenters. The SMILES string of the molecule is COc1ccc(F)cc1CC(=O)CSc1ncccc1C(=O)[O-].[K+]. The minimum absolute atomic E-state index is 0. The number of rotatable bonds is 7. The van der Waals surface area contributed by atoms with Crippen LogP contribution in [0.4, 0.5) is 4.39 Å². The molecule has 8 heteroatoms. The zero-order valence-corrected chi connectivity index (χ0v) is 17.2. The first kappa shape index (κ1) is 21.3. The molecule has 0 aliphatic carbocycles. The van der Waals surface area contributed by atoms with Gasteiger partial charge in [0.15, 0.2) is 0 Å². The molecule has 1 aromatic heterocycles. The van der Waals surface area contributed by atoms with Crippen LogP contribution in [0.1, 0.15) is 15.9 Å². The van der Waals surface area contributed by atoms with Crippen LogP contribution in [0.3, 0.4) is 0 Å². The van der Waals surface area contributed by atoms with E-state index in [0.717, 1.165) is 11.8 Å². The largest absolute Gasteiger partial charge is 1.00 e. The molecule has 5 nitrogen and oxygen atoms in total. The predicted octanol–water partition coefficient (Wildman–Crippen LogP) is -1.50. The summed E-state index contributed by atoms with van der Waals surface area (Å²) in [6.07, 6.45) is 1.43. The number of aromatic nitrogens is 1. The fourth-order valence-electron chi connectivity index (χ4n) is 1.96. The first-order valence-corrected chi connectivity index (χ1v) is 7.63. The van der Waals surface area contributed by atoms with E-state index in [2.05, 4.69) is 4.98 Å². The Balaban J connectivity index is 0.00000288. The number of Topliss-reactive ketones (excluding diaryl/α,β-unsaturated/α-hetero) is 1. The molecule has 2 aromatic rings. The van der Waals surface area contributed by atoms with Gasteiger partial charge in [-0.2, -0.15) is 0 Å². The van der Waals surface area contributed by atoms with Gasteiger partial charge in [0.1, 0.15) is 22.4 Å². The average Bonchev–Trinajstić information content (AvgIpc) is 2.53. The third-order valence-corrected chi connectivity index (χ3v) is 4.06. The number of ether oxygens (including phenoxy) is 1. The molecule has 0 atom stereocenters. The van der Waals surface area contributed by atoms with Crippen molar-refractivity contribution >= 4 is 23.5 Å². The molecular weight excluding hydrogens is 360 g/mol. The third-order valence-electron chi connectivity index (χ3n) is 2.99. The van der Waals surface area contributed by atoms with Crippen molar-refractivity contribution in [2.45, 2.75) is 11.4 Å². The second-order valence-electron chi connectivity index (χ2n) is 4.60. The van der Waals surface area contributed by atoms with Gasteiger partial charge >= 0.3 is 51.4 Å². The Labute approximate surface area is 185 Å². The van der Waals surface area contributed by atoms with Crippen LogP contribution >= 0.6 is 11.8 Å². The van der Waals surface area contributed by atoms with E-state index in [0.29, 0.717) is 11.3 Å². The molecule has 0 N–H and O–H groups in total. The Hall–Kier alpha value is -0.774. The van der Waals surface area contributed by atoms with Gasteiger partial charge in [0.2, 0.25) is 0 Å². The maximum Gasteiger partial charge on any atom is 1.00 e. The Morgan fingerprint density at radius 1 is 1.33 bits per heavy atom. The number of carboxylic acid groups (broad SMARTS) is 1. The molecular formula is C16H13FKNO4S. The van der Waals surface area contributed by atoms with Crippen molar-refractivity contribution in [1.82, 2.24) is 4.98 Å². The first-order valence-electron chi connectivity index (χ1n) is 6.64. The van der Waals surface area contributed by atoms with E-state index < -0.39 is 11.8 Å². The van der Waals surface area contributed by atoms with Crippen LogP contribution < -0.4 is 61.2 Å². The molecule has 2 rings (SSSR count). The zero-order valence-electron chi connectivity index (χ0n) is 13.2. The van der Waals surface area contributed by atoms with Gasteiger partial charge in [0.05, 0.1) is 18.8 Å². The Kier molecular flexibility index (Phi) is 9.10. The summed E-state index contributed by atoms with van der Waals surface area (Å²) >= 11 is 1.00. The summed E-state index contributed by atoms with van der Waals surface area (Å²) in [6.45, 7) is 0. The quantitative estimate of drug-likeness (QED) is 0.434. The Morgan fingerprint density at radius 2 is 2.08 bits per heavy atom. The molecule has 0 fully saturated rings. The molecule has 24 heavy (non-hydrogen) atoms. The summed E-state index contributed by atoms with van der Waals surface area (Å²) in [5.41, 5.74) is 0.382. The Bertz CT molecular complexity index is 742. The van der Waals surface area contributed by atoms with Crippen LogP contribution in [0.2, 0.25) is 0 Å². The number of thioether (sulfide) groups is 1. The van der Waals surface area contributed by atoms with E-state index in [1.165, 1.54) is 43.6 Å². The Morgan fingerprint density at radius 3 is 2.75 bits per heavy atom. The van der Waals surface area contributed by atoms with Gasteiger partial charge in [-0.1, -0.05) is 11.8 Å². The summed E-state index contributed by atoms with van der Waals surface area (Å²) < 4.78 is 18.4. The summed E-state index contributed by atoms with van der Waals surface area (Å²) in [5.74, 6) is -1.56. The monoisotopic (exact) mass is 373 g/mol. The van der Waals surface area contributed by atoms with Crippen molar-refractivity contribution in [3.05, 3.63) is 53.5 Å². The van der Waals surface area contributed by atoms with Gasteiger partial charge in [-0.15, -0.1) is 0 Å². The fraction of sp³-hybridized carbons (Fsp3) is 0.188. The molecule has 0 amide bonds. The summed E-state index contributed by atoms with van der Waals surface area (Å²) in [7, 11) is 1.44. The number of carbonyl (C=O) groups is 2. The van der Waals surface area contributed by atoms with Gasteiger partial charge in [0.25, 0.3) is 0 Å². The van der Waals surface area contributed by atoms with Crippen LogP contribution in [0, 0.1) is 5.82 Å². The number of methoxy groups -OCH3 is 1. The van der Waals surface area contributed by atoms with Gasteiger partial charge in [-0.3, -0.25) is 4.79 Å². The average molecular weight is 373 g/mol. The van der Waals surface area contributed by atoms with Crippen molar-refractivity contribution in [2.75, 3.05) is 12.9 Å². The van der Waals surface area contributed by atoms with E-state index in [-0.39, 0.29) is 79.9 Å². The van der Waals surface area contributed by atoms with Crippen LogP contribution in [0.15, 0.2) is 41.6 Å². The van der Waals surface area contributed by atoms with Crippen molar-refractivity contribution in [3.63, 3.8) is 0 Å². The van der Waals surface area contributed by atoms with Crippen molar-refractivity contribution in [1.29, 1.82) is 0 Å². The fourth-order valence-corrected chi connectivity index (χ4v) is 2.80. The van der Waals surface area contributed by atoms with Crippen LogP contribution in [-0.2, 0) is 11.2 Å². The molecule has 0 radical (unpaired) electrons. The molecule has 0 aliphatic heterocycles. The van der Waals surface area contributed by atoms with E-state index >= 15 is 0 Å². The summed E-state index contributed by atoms with van der Waals surface area (Å²) in [4.78, 5) is 27.0. The summed E-state index contributed by atoms with van der Waals surface area (Å²) in [5, 5.41) is 11.2. The van der Waals surface area contributed by atoms with Crippen molar-refractivity contribution in [3.8, 4) is 5.75 Å².